The molecule has 0 atom stereocenters. The van der Waals surface area contributed by atoms with E-state index in [-0.39, 0.29) is 30.7 Å². The summed E-state index contributed by atoms with van der Waals surface area (Å²) in [6.07, 6.45) is 6.01. The van der Waals surface area contributed by atoms with Gasteiger partial charge >= 0.3 is 0 Å². The summed E-state index contributed by atoms with van der Waals surface area (Å²) >= 11 is 0. The Bertz CT molecular complexity index is 893. The molecule has 2 aliphatic rings. The van der Waals surface area contributed by atoms with Crippen LogP contribution in [0.3, 0.4) is 0 Å². The summed E-state index contributed by atoms with van der Waals surface area (Å²) in [4.78, 5) is 38.6. The molecule has 1 saturated carbocycles. The number of hydrogen-bond acceptors (Lipinski definition) is 3. The van der Waals surface area contributed by atoms with Crippen molar-refractivity contribution in [2.24, 2.45) is 12.5 Å². The van der Waals surface area contributed by atoms with Crippen molar-refractivity contribution >= 4 is 34.3 Å². The van der Waals surface area contributed by atoms with Gasteiger partial charge in [0.2, 0.25) is 17.7 Å². The van der Waals surface area contributed by atoms with E-state index >= 15 is 0 Å². The van der Waals surface area contributed by atoms with Crippen LogP contribution >= 0.6 is 0 Å². The third-order valence-corrected chi connectivity index (χ3v) is 5.81. The lowest BCUT2D eigenvalue weighted by atomic mass is 9.84. The quantitative estimate of drug-likeness (QED) is 0.859. The Hall–Kier alpha value is -2.63. The van der Waals surface area contributed by atoms with Crippen LogP contribution < -0.4 is 5.32 Å². The van der Waals surface area contributed by atoms with Gasteiger partial charge in [-0.2, -0.15) is 0 Å². The van der Waals surface area contributed by atoms with Gasteiger partial charge in [-0.1, -0.05) is 18.9 Å². The normalized spacial score (nSPS) is 19.0. The Morgan fingerprint density at radius 1 is 1.19 bits per heavy atom. The van der Waals surface area contributed by atoms with Crippen molar-refractivity contribution in [1.82, 2.24) is 9.47 Å². The lowest BCUT2D eigenvalue weighted by Gasteiger charge is -2.20. The molecule has 1 aromatic carbocycles. The number of anilines is 1. The zero-order chi connectivity index (χ0) is 18.3. The number of fused-ring (bicyclic) bond motifs is 1. The van der Waals surface area contributed by atoms with Gasteiger partial charge in [0.25, 0.3) is 0 Å². The molecular formula is C20H23N3O3. The Kier molecular flexibility index (Phi) is 4.05. The highest BCUT2D eigenvalue weighted by Crippen LogP contribution is 2.46. The monoisotopic (exact) mass is 353 g/mol. The molecule has 1 saturated heterocycles. The maximum atomic E-state index is 12.7. The van der Waals surface area contributed by atoms with Crippen molar-refractivity contribution in [2.75, 3.05) is 11.9 Å². The summed E-state index contributed by atoms with van der Waals surface area (Å²) in [6, 6.07) is 7.71. The fourth-order valence-electron chi connectivity index (χ4n) is 4.37. The zero-order valence-electron chi connectivity index (χ0n) is 15.0. The van der Waals surface area contributed by atoms with Gasteiger partial charge in [-0.15, -0.1) is 0 Å². The summed E-state index contributed by atoms with van der Waals surface area (Å²) in [7, 11) is 1.96. The number of nitrogens with one attached hydrogen (secondary N) is 1. The summed E-state index contributed by atoms with van der Waals surface area (Å²) < 4.78 is 1.99. The molecular weight excluding hydrogens is 330 g/mol. The van der Waals surface area contributed by atoms with E-state index in [1.807, 2.05) is 42.1 Å². The molecule has 2 heterocycles. The molecule has 6 heteroatoms. The van der Waals surface area contributed by atoms with Gasteiger partial charge in [-0.3, -0.25) is 19.3 Å². The van der Waals surface area contributed by atoms with E-state index < -0.39 is 5.41 Å². The van der Waals surface area contributed by atoms with Gasteiger partial charge in [0.05, 0.1) is 11.1 Å². The second kappa shape index (κ2) is 6.27. The first kappa shape index (κ1) is 16.8. The van der Waals surface area contributed by atoms with Crippen LogP contribution in [-0.4, -0.2) is 33.7 Å². The number of likely N-dealkylation sites (tertiary alicyclic amines) is 1. The molecule has 1 aromatic heterocycles. The van der Waals surface area contributed by atoms with E-state index in [1.54, 1.807) is 0 Å². The molecule has 0 bridgehead atoms. The lowest BCUT2D eigenvalue weighted by molar-refractivity contribution is -0.141. The number of carbonyl (C=O) groups is 3. The number of carbonyl (C=O) groups excluding carboxylic acids is 3. The van der Waals surface area contributed by atoms with E-state index in [4.69, 9.17) is 0 Å². The van der Waals surface area contributed by atoms with Crippen molar-refractivity contribution in [3.8, 4) is 0 Å². The maximum Gasteiger partial charge on any atom is 0.235 e. The molecule has 4 rings (SSSR count). The highest BCUT2D eigenvalue weighted by Gasteiger charge is 2.52. The van der Waals surface area contributed by atoms with Crippen LogP contribution in [0, 0.1) is 5.41 Å². The van der Waals surface area contributed by atoms with Crippen LogP contribution in [0.1, 0.15) is 38.5 Å². The average Bonchev–Trinajstić information content (AvgIpc) is 3.29. The standard InChI is InChI=1S/C20H23N3O3/c1-22-11-7-14-15(5-4-6-16(14)22)21-17(24)8-12-23-18(25)13-20(19(23)26)9-2-3-10-20/h4-7,11H,2-3,8-10,12-13H2,1H3,(H,21,24). The first-order chi connectivity index (χ1) is 12.5. The van der Waals surface area contributed by atoms with Crippen LogP contribution in [0.5, 0.6) is 0 Å². The molecule has 136 valence electrons. The highest BCUT2D eigenvalue weighted by molar-refractivity contribution is 6.07. The van der Waals surface area contributed by atoms with Crippen molar-refractivity contribution in [2.45, 2.75) is 38.5 Å². The first-order valence-corrected chi connectivity index (χ1v) is 9.19. The third kappa shape index (κ3) is 2.69. The van der Waals surface area contributed by atoms with E-state index in [0.717, 1.165) is 42.3 Å². The molecule has 26 heavy (non-hydrogen) atoms. The molecule has 1 spiro atoms. The minimum Gasteiger partial charge on any atom is -0.350 e. The summed E-state index contributed by atoms with van der Waals surface area (Å²) in [5, 5.41) is 3.89. The Balaban J connectivity index is 1.41. The Morgan fingerprint density at radius 2 is 1.96 bits per heavy atom. The fourth-order valence-corrected chi connectivity index (χ4v) is 4.37. The third-order valence-electron chi connectivity index (χ3n) is 5.81. The predicted molar refractivity (Wildman–Crippen MR) is 98.4 cm³/mol. The van der Waals surface area contributed by atoms with Gasteiger partial charge in [0.15, 0.2) is 0 Å². The number of aromatic nitrogens is 1. The number of rotatable bonds is 4. The summed E-state index contributed by atoms with van der Waals surface area (Å²) in [5.74, 6) is -0.387. The van der Waals surface area contributed by atoms with Crippen molar-refractivity contribution in [3.05, 3.63) is 30.5 Å². The molecule has 6 nitrogen and oxygen atoms in total. The van der Waals surface area contributed by atoms with Crippen LogP contribution in [0.2, 0.25) is 0 Å². The number of amides is 3. The predicted octanol–water partition coefficient (Wildman–Crippen LogP) is 2.83. The van der Waals surface area contributed by atoms with Gasteiger partial charge in [0.1, 0.15) is 0 Å². The number of nitrogens with zero attached hydrogens (tertiary/aromatic N) is 2. The molecule has 1 aliphatic carbocycles. The highest BCUT2D eigenvalue weighted by atomic mass is 16.2. The van der Waals surface area contributed by atoms with E-state index in [0.29, 0.717) is 6.42 Å². The smallest absolute Gasteiger partial charge is 0.235 e. The molecule has 2 aromatic rings. The molecule has 3 amide bonds. The van der Waals surface area contributed by atoms with Crippen LogP contribution in [0.4, 0.5) is 5.69 Å². The zero-order valence-corrected chi connectivity index (χ0v) is 15.0. The SMILES string of the molecule is Cn1ccc2c(NC(=O)CCN3C(=O)CC4(CCCC4)C3=O)cccc21. The van der Waals surface area contributed by atoms with Crippen molar-refractivity contribution < 1.29 is 14.4 Å². The summed E-state index contributed by atoms with van der Waals surface area (Å²) in [6.45, 7) is 0.163. The van der Waals surface area contributed by atoms with E-state index in [2.05, 4.69) is 5.32 Å². The first-order valence-electron chi connectivity index (χ1n) is 9.19. The van der Waals surface area contributed by atoms with E-state index in [1.165, 1.54) is 4.90 Å². The largest absolute Gasteiger partial charge is 0.350 e. The Morgan fingerprint density at radius 3 is 2.73 bits per heavy atom. The second-order valence-corrected chi connectivity index (χ2v) is 7.48. The number of aryl methyl sites for hydroxylation is 1. The number of benzene rings is 1. The lowest BCUT2D eigenvalue weighted by Crippen LogP contribution is -2.36. The maximum absolute atomic E-state index is 12.7. The van der Waals surface area contributed by atoms with Gasteiger partial charge in [-0.25, -0.2) is 0 Å². The van der Waals surface area contributed by atoms with Crippen LogP contribution in [-0.2, 0) is 21.4 Å². The molecule has 1 aliphatic heterocycles. The summed E-state index contributed by atoms with van der Waals surface area (Å²) in [5.41, 5.74) is 1.32. The minimum absolute atomic E-state index is 0.0713. The van der Waals surface area contributed by atoms with Gasteiger partial charge < -0.3 is 9.88 Å². The fraction of sp³-hybridized carbons (Fsp3) is 0.450. The van der Waals surface area contributed by atoms with Crippen LogP contribution in [0.15, 0.2) is 30.5 Å². The Labute approximate surface area is 152 Å². The van der Waals surface area contributed by atoms with Crippen molar-refractivity contribution in [1.29, 1.82) is 0 Å². The van der Waals surface area contributed by atoms with Crippen molar-refractivity contribution in [3.63, 3.8) is 0 Å². The number of hydrogen-bond donors (Lipinski definition) is 1. The minimum atomic E-state index is -0.469. The van der Waals surface area contributed by atoms with E-state index in [9.17, 15) is 14.4 Å². The number of imide groups is 1. The van der Waals surface area contributed by atoms with Gasteiger partial charge in [-0.05, 0) is 31.0 Å². The van der Waals surface area contributed by atoms with Gasteiger partial charge in [0, 0.05) is 43.5 Å². The molecule has 1 N–H and O–H groups in total. The molecule has 2 fully saturated rings. The second-order valence-electron chi connectivity index (χ2n) is 7.48. The topological polar surface area (TPSA) is 71.4 Å². The van der Waals surface area contributed by atoms with Crippen LogP contribution in [0.25, 0.3) is 10.9 Å². The molecule has 0 unspecified atom stereocenters. The molecule has 0 radical (unpaired) electrons. The average molecular weight is 353 g/mol.